The second-order valence-corrected chi connectivity index (χ2v) is 4.93. The average molecular weight is 292 g/mol. The Balaban J connectivity index is 1.65. The van der Waals surface area contributed by atoms with Crippen LogP contribution in [-0.4, -0.2) is 20.4 Å². The summed E-state index contributed by atoms with van der Waals surface area (Å²) < 4.78 is 2.01. The molecule has 0 unspecified atom stereocenters. The Morgan fingerprint density at radius 1 is 1.09 bits per heavy atom. The Morgan fingerprint density at radius 3 is 2.45 bits per heavy atom. The SMILES string of the molecule is Cc1nccn1-c1ccc(CNC(=O)c2ccncc2)cc1. The summed E-state index contributed by atoms with van der Waals surface area (Å²) in [5, 5.41) is 2.89. The summed E-state index contributed by atoms with van der Waals surface area (Å²) in [6.07, 6.45) is 6.92. The minimum absolute atomic E-state index is 0.100. The Kier molecular flexibility index (Phi) is 3.96. The Bertz CT molecular complexity index is 763. The maximum Gasteiger partial charge on any atom is 0.251 e. The first-order chi connectivity index (χ1) is 10.7. The van der Waals surface area contributed by atoms with E-state index in [1.165, 1.54) is 0 Å². The molecule has 0 atom stereocenters. The standard InChI is InChI=1S/C17H16N4O/c1-13-19-10-11-21(13)16-4-2-14(3-5-16)12-20-17(22)15-6-8-18-9-7-15/h2-11H,12H2,1H3,(H,20,22). The van der Waals surface area contributed by atoms with Crippen molar-refractivity contribution < 1.29 is 4.79 Å². The molecule has 0 radical (unpaired) electrons. The lowest BCUT2D eigenvalue weighted by Gasteiger charge is -2.08. The van der Waals surface area contributed by atoms with E-state index in [0.29, 0.717) is 12.1 Å². The van der Waals surface area contributed by atoms with Crippen LogP contribution in [0, 0.1) is 6.92 Å². The quantitative estimate of drug-likeness (QED) is 0.803. The van der Waals surface area contributed by atoms with E-state index in [-0.39, 0.29) is 5.91 Å². The van der Waals surface area contributed by atoms with Gasteiger partial charge in [0.15, 0.2) is 0 Å². The predicted octanol–water partition coefficient (Wildman–Crippen LogP) is 2.51. The van der Waals surface area contributed by atoms with Gasteiger partial charge in [0.2, 0.25) is 0 Å². The summed E-state index contributed by atoms with van der Waals surface area (Å²) in [6.45, 7) is 2.45. The number of nitrogens with one attached hydrogen (secondary N) is 1. The van der Waals surface area contributed by atoms with Crippen LogP contribution in [-0.2, 0) is 6.54 Å². The third-order valence-electron chi connectivity index (χ3n) is 3.44. The van der Waals surface area contributed by atoms with Crippen LogP contribution in [0.3, 0.4) is 0 Å². The van der Waals surface area contributed by atoms with E-state index in [1.807, 2.05) is 42.0 Å². The molecule has 3 aromatic rings. The number of imidazole rings is 1. The Labute approximate surface area is 128 Å². The lowest BCUT2D eigenvalue weighted by Crippen LogP contribution is -2.22. The highest BCUT2D eigenvalue weighted by Crippen LogP contribution is 2.11. The molecular formula is C17H16N4O. The predicted molar refractivity (Wildman–Crippen MR) is 83.7 cm³/mol. The van der Waals surface area contributed by atoms with Crippen molar-refractivity contribution in [3.05, 3.63) is 78.1 Å². The fourth-order valence-corrected chi connectivity index (χ4v) is 2.21. The van der Waals surface area contributed by atoms with Crippen LogP contribution >= 0.6 is 0 Å². The van der Waals surface area contributed by atoms with Gasteiger partial charge < -0.3 is 9.88 Å². The fraction of sp³-hybridized carbons (Fsp3) is 0.118. The number of rotatable bonds is 4. The second-order valence-electron chi connectivity index (χ2n) is 4.93. The third-order valence-corrected chi connectivity index (χ3v) is 3.44. The molecule has 5 nitrogen and oxygen atoms in total. The van der Waals surface area contributed by atoms with Gasteiger partial charge in [0.05, 0.1) is 0 Å². The number of pyridine rings is 1. The van der Waals surface area contributed by atoms with E-state index >= 15 is 0 Å². The lowest BCUT2D eigenvalue weighted by atomic mass is 10.2. The molecule has 0 fully saturated rings. The van der Waals surface area contributed by atoms with Gasteiger partial charge in [-0.15, -0.1) is 0 Å². The summed E-state index contributed by atoms with van der Waals surface area (Å²) >= 11 is 0. The number of benzene rings is 1. The number of aromatic nitrogens is 3. The molecule has 0 aliphatic carbocycles. The fourth-order valence-electron chi connectivity index (χ4n) is 2.21. The lowest BCUT2D eigenvalue weighted by molar-refractivity contribution is 0.0951. The zero-order valence-corrected chi connectivity index (χ0v) is 12.2. The van der Waals surface area contributed by atoms with Crippen molar-refractivity contribution in [2.75, 3.05) is 0 Å². The molecule has 1 aromatic carbocycles. The highest BCUT2D eigenvalue weighted by Gasteiger charge is 2.05. The third kappa shape index (κ3) is 3.03. The van der Waals surface area contributed by atoms with E-state index in [0.717, 1.165) is 17.1 Å². The molecule has 3 rings (SSSR count). The van der Waals surface area contributed by atoms with Gasteiger partial charge >= 0.3 is 0 Å². The van der Waals surface area contributed by atoms with Crippen molar-refractivity contribution >= 4 is 5.91 Å². The van der Waals surface area contributed by atoms with Crippen LogP contribution in [0.5, 0.6) is 0 Å². The number of aryl methyl sites for hydroxylation is 1. The van der Waals surface area contributed by atoms with Gasteiger partial charge in [-0.25, -0.2) is 4.98 Å². The summed E-state index contributed by atoms with van der Waals surface area (Å²) in [7, 11) is 0. The topological polar surface area (TPSA) is 59.8 Å². The van der Waals surface area contributed by atoms with Crippen molar-refractivity contribution in [3.8, 4) is 5.69 Å². The summed E-state index contributed by atoms with van der Waals surface area (Å²) in [5.74, 6) is 0.843. The van der Waals surface area contributed by atoms with Gasteiger partial charge in [-0.05, 0) is 36.8 Å². The van der Waals surface area contributed by atoms with E-state index < -0.39 is 0 Å². The molecule has 2 aromatic heterocycles. The van der Waals surface area contributed by atoms with E-state index in [2.05, 4.69) is 15.3 Å². The summed E-state index contributed by atoms with van der Waals surface area (Å²) in [4.78, 5) is 20.1. The number of carbonyl (C=O) groups is 1. The van der Waals surface area contributed by atoms with Gasteiger partial charge in [0.25, 0.3) is 5.91 Å². The first-order valence-corrected chi connectivity index (χ1v) is 7.01. The van der Waals surface area contributed by atoms with E-state index in [4.69, 9.17) is 0 Å². The summed E-state index contributed by atoms with van der Waals surface area (Å²) in [5.41, 5.74) is 2.71. The van der Waals surface area contributed by atoms with Crippen LogP contribution in [0.25, 0.3) is 5.69 Å². The molecule has 0 spiro atoms. The number of nitrogens with zero attached hydrogens (tertiary/aromatic N) is 3. The Morgan fingerprint density at radius 2 is 1.82 bits per heavy atom. The van der Waals surface area contributed by atoms with E-state index in [9.17, 15) is 4.79 Å². The minimum atomic E-state index is -0.100. The molecule has 110 valence electrons. The molecule has 1 N–H and O–H groups in total. The number of hydrogen-bond acceptors (Lipinski definition) is 3. The zero-order chi connectivity index (χ0) is 15.4. The molecular weight excluding hydrogens is 276 g/mol. The molecule has 5 heteroatoms. The molecule has 22 heavy (non-hydrogen) atoms. The molecule has 0 saturated heterocycles. The average Bonchev–Trinajstić information content (AvgIpc) is 3.00. The minimum Gasteiger partial charge on any atom is -0.348 e. The molecule has 2 heterocycles. The van der Waals surface area contributed by atoms with Crippen LogP contribution in [0.4, 0.5) is 0 Å². The highest BCUT2D eigenvalue weighted by molar-refractivity contribution is 5.93. The smallest absolute Gasteiger partial charge is 0.251 e. The molecule has 0 aliphatic heterocycles. The van der Waals surface area contributed by atoms with Crippen molar-refractivity contribution in [1.29, 1.82) is 0 Å². The van der Waals surface area contributed by atoms with Gasteiger partial charge in [-0.1, -0.05) is 12.1 Å². The van der Waals surface area contributed by atoms with Gasteiger partial charge in [-0.3, -0.25) is 9.78 Å². The van der Waals surface area contributed by atoms with Gasteiger partial charge in [0.1, 0.15) is 5.82 Å². The van der Waals surface area contributed by atoms with Crippen molar-refractivity contribution in [2.45, 2.75) is 13.5 Å². The van der Waals surface area contributed by atoms with Crippen molar-refractivity contribution in [3.63, 3.8) is 0 Å². The second kappa shape index (κ2) is 6.22. The van der Waals surface area contributed by atoms with Crippen molar-refractivity contribution in [1.82, 2.24) is 19.9 Å². The molecule has 0 aliphatic rings. The van der Waals surface area contributed by atoms with Crippen LogP contribution in [0.2, 0.25) is 0 Å². The zero-order valence-electron chi connectivity index (χ0n) is 12.2. The van der Waals surface area contributed by atoms with E-state index in [1.54, 1.807) is 30.7 Å². The van der Waals surface area contributed by atoms with Crippen LogP contribution in [0.1, 0.15) is 21.7 Å². The molecule has 0 saturated carbocycles. The van der Waals surface area contributed by atoms with Gasteiger partial charge in [0, 0.05) is 42.6 Å². The first-order valence-electron chi connectivity index (χ1n) is 7.01. The summed E-state index contributed by atoms with van der Waals surface area (Å²) in [6, 6.07) is 11.4. The first kappa shape index (κ1) is 14.0. The highest BCUT2D eigenvalue weighted by atomic mass is 16.1. The maximum absolute atomic E-state index is 12.0. The molecule has 1 amide bonds. The molecule has 0 bridgehead atoms. The Hall–Kier alpha value is -2.95. The maximum atomic E-state index is 12.0. The normalized spacial score (nSPS) is 10.4. The van der Waals surface area contributed by atoms with Crippen LogP contribution in [0.15, 0.2) is 61.2 Å². The number of amides is 1. The van der Waals surface area contributed by atoms with Crippen molar-refractivity contribution in [2.24, 2.45) is 0 Å². The number of hydrogen-bond donors (Lipinski definition) is 1. The monoisotopic (exact) mass is 292 g/mol. The number of carbonyl (C=O) groups excluding carboxylic acids is 1. The van der Waals surface area contributed by atoms with Gasteiger partial charge in [-0.2, -0.15) is 0 Å². The largest absolute Gasteiger partial charge is 0.348 e. The van der Waals surface area contributed by atoms with Crippen LogP contribution < -0.4 is 5.32 Å².